The molecule has 4 rings (SSSR count). The molecule has 0 aromatic heterocycles. The Balaban J connectivity index is 1.53. The van der Waals surface area contributed by atoms with Crippen LogP contribution in [0.1, 0.15) is 18.4 Å². The molecule has 1 aliphatic heterocycles. The minimum Gasteiger partial charge on any atom is -0.379 e. The average molecular weight is 409 g/mol. The molecule has 2 atom stereocenters. The Morgan fingerprint density at radius 1 is 1.07 bits per heavy atom. The molecule has 1 heterocycles. The zero-order valence-corrected chi connectivity index (χ0v) is 16.1. The molecule has 2 aromatic carbocycles. The van der Waals surface area contributed by atoms with Crippen LogP contribution in [-0.2, 0) is 16.0 Å². The molecule has 8 heteroatoms. The van der Waals surface area contributed by atoms with Crippen molar-refractivity contribution in [3.05, 3.63) is 76.1 Å². The lowest BCUT2D eigenvalue weighted by Gasteiger charge is -2.16. The van der Waals surface area contributed by atoms with Crippen LogP contribution in [-0.4, -0.2) is 23.3 Å². The van der Waals surface area contributed by atoms with E-state index in [1.807, 2.05) is 12.2 Å². The second-order valence-electron chi connectivity index (χ2n) is 7.43. The van der Waals surface area contributed by atoms with E-state index in [0.29, 0.717) is 25.8 Å². The number of imide groups is 1. The molecule has 1 aliphatic carbocycles. The molecule has 30 heavy (non-hydrogen) atoms. The minimum atomic E-state index is -0.548. The summed E-state index contributed by atoms with van der Waals surface area (Å²) in [5.41, 5.74) is 1.03. The number of carbonyl (C=O) groups is 2. The highest BCUT2D eigenvalue weighted by molar-refractivity contribution is 6.22. The zero-order chi connectivity index (χ0) is 21.3. The first-order chi connectivity index (χ1) is 14.5. The van der Waals surface area contributed by atoms with E-state index in [-0.39, 0.29) is 34.7 Å². The van der Waals surface area contributed by atoms with E-state index >= 15 is 0 Å². The average Bonchev–Trinajstić information content (AvgIpc) is 2.99. The van der Waals surface area contributed by atoms with Crippen LogP contribution in [0.3, 0.4) is 0 Å². The molecule has 7 nitrogen and oxygen atoms in total. The summed E-state index contributed by atoms with van der Waals surface area (Å²) >= 11 is 0. The van der Waals surface area contributed by atoms with Crippen LogP contribution in [0.25, 0.3) is 0 Å². The van der Waals surface area contributed by atoms with Gasteiger partial charge in [0.25, 0.3) is 5.69 Å². The number of nitro benzene ring substituents is 1. The monoisotopic (exact) mass is 409 g/mol. The number of rotatable bonds is 6. The molecule has 2 unspecified atom stereocenters. The molecule has 0 bridgehead atoms. The number of nitrogens with one attached hydrogen (secondary N) is 1. The van der Waals surface area contributed by atoms with Crippen LogP contribution in [0, 0.1) is 27.8 Å². The van der Waals surface area contributed by atoms with Crippen molar-refractivity contribution in [2.45, 2.75) is 19.3 Å². The predicted molar refractivity (Wildman–Crippen MR) is 110 cm³/mol. The van der Waals surface area contributed by atoms with Gasteiger partial charge in [-0.05, 0) is 49.1 Å². The second kappa shape index (κ2) is 8.06. The molecule has 2 aromatic rings. The van der Waals surface area contributed by atoms with E-state index < -0.39 is 16.8 Å². The number of nitrogens with zero attached hydrogens (tertiary/aromatic N) is 2. The maximum Gasteiger partial charge on any atom is 0.294 e. The molecule has 0 spiro atoms. The molecule has 1 saturated heterocycles. The summed E-state index contributed by atoms with van der Waals surface area (Å²) in [6.45, 7) is 0.362. The van der Waals surface area contributed by atoms with Crippen molar-refractivity contribution < 1.29 is 18.9 Å². The van der Waals surface area contributed by atoms with E-state index in [9.17, 15) is 24.1 Å². The summed E-state index contributed by atoms with van der Waals surface area (Å²) in [7, 11) is 0. The fourth-order valence-electron chi connectivity index (χ4n) is 4.05. The number of nitro groups is 1. The topological polar surface area (TPSA) is 92.6 Å². The maximum absolute atomic E-state index is 13.3. The molecule has 0 radical (unpaired) electrons. The number of halogens is 1. The quantitative estimate of drug-likeness (QED) is 0.339. The van der Waals surface area contributed by atoms with E-state index in [4.69, 9.17) is 0 Å². The fraction of sp³-hybridized carbons (Fsp3) is 0.273. The van der Waals surface area contributed by atoms with Gasteiger partial charge in [-0.15, -0.1) is 0 Å². The Bertz CT molecular complexity index is 1030. The predicted octanol–water partition coefficient (Wildman–Crippen LogP) is 3.84. The lowest BCUT2D eigenvalue weighted by molar-refractivity contribution is -0.383. The number of hydrogen-bond donors (Lipinski definition) is 1. The molecule has 0 saturated carbocycles. The van der Waals surface area contributed by atoms with Gasteiger partial charge in [0, 0.05) is 12.6 Å². The van der Waals surface area contributed by atoms with Gasteiger partial charge in [0.05, 0.1) is 22.4 Å². The van der Waals surface area contributed by atoms with Gasteiger partial charge in [-0.3, -0.25) is 19.7 Å². The van der Waals surface area contributed by atoms with Gasteiger partial charge in [-0.1, -0.05) is 24.3 Å². The van der Waals surface area contributed by atoms with Crippen molar-refractivity contribution in [1.82, 2.24) is 0 Å². The van der Waals surface area contributed by atoms with Gasteiger partial charge < -0.3 is 5.32 Å². The Hall–Kier alpha value is -3.55. The standard InChI is InChI=1S/C22H20FN3O4/c23-15-5-3-4-14(12-15)10-11-24-19-9-8-16(13-20(19)26(29)30)25-21(27)17-6-1-2-7-18(17)22(25)28/h1-5,8-9,12-13,17-18,24H,6-7,10-11H2. The van der Waals surface area contributed by atoms with Crippen molar-refractivity contribution in [1.29, 1.82) is 0 Å². The van der Waals surface area contributed by atoms with E-state index in [1.165, 1.54) is 30.3 Å². The van der Waals surface area contributed by atoms with Gasteiger partial charge >= 0.3 is 0 Å². The SMILES string of the molecule is O=C1C2CC=CCC2C(=O)N1c1ccc(NCCc2cccc(F)c2)c([N+](=O)[O-])c1. The van der Waals surface area contributed by atoms with Gasteiger partial charge in [-0.2, -0.15) is 0 Å². The van der Waals surface area contributed by atoms with E-state index in [0.717, 1.165) is 10.5 Å². The molecule has 1 N–H and O–H groups in total. The molecular formula is C22H20FN3O4. The van der Waals surface area contributed by atoms with Gasteiger partial charge in [-0.25, -0.2) is 9.29 Å². The zero-order valence-electron chi connectivity index (χ0n) is 16.1. The number of benzene rings is 2. The first-order valence-electron chi connectivity index (χ1n) is 9.75. The first kappa shape index (κ1) is 19.8. The number of amides is 2. The van der Waals surface area contributed by atoms with Crippen LogP contribution in [0.4, 0.5) is 21.5 Å². The van der Waals surface area contributed by atoms with E-state index in [1.54, 1.807) is 12.1 Å². The highest BCUT2D eigenvalue weighted by Gasteiger charge is 2.48. The normalized spacial score (nSPS) is 20.4. The number of carbonyl (C=O) groups excluding carboxylic acids is 2. The number of hydrogen-bond acceptors (Lipinski definition) is 5. The lowest BCUT2D eigenvalue weighted by atomic mass is 9.85. The maximum atomic E-state index is 13.3. The third-order valence-corrected chi connectivity index (χ3v) is 5.56. The number of allylic oxidation sites excluding steroid dienone is 2. The Labute approximate surface area is 172 Å². The summed E-state index contributed by atoms with van der Waals surface area (Å²) in [5.74, 6) is -1.75. The van der Waals surface area contributed by atoms with Crippen LogP contribution in [0.15, 0.2) is 54.6 Å². The minimum absolute atomic E-state index is 0.210. The summed E-state index contributed by atoms with van der Waals surface area (Å²) in [4.78, 5) is 37.6. The Kier molecular flexibility index (Phi) is 5.31. The molecular weight excluding hydrogens is 389 g/mol. The fourth-order valence-corrected chi connectivity index (χ4v) is 4.05. The van der Waals surface area contributed by atoms with Gasteiger partial charge in [0.2, 0.25) is 11.8 Å². The van der Waals surface area contributed by atoms with Crippen LogP contribution in [0.5, 0.6) is 0 Å². The molecule has 154 valence electrons. The Morgan fingerprint density at radius 2 is 1.77 bits per heavy atom. The highest BCUT2D eigenvalue weighted by Crippen LogP contribution is 2.39. The lowest BCUT2D eigenvalue weighted by Crippen LogP contribution is -2.30. The van der Waals surface area contributed by atoms with Crippen molar-refractivity contribution in [2.24, 2.45) is 11.8 Å². The van der Waals surface area contributed by atoms with Crippen LogP contribution in [0.2, 0.25) is 0 Å². The summed E-state index contributed by atoms with van der Waals surface area (Å²) < 4.78 is 13.3. The third kappa shape index (κ3) is 3.68. The van der Waals surface area contributed by atoms with Crippen molar-refractivity contribution >= 4 is 28.9 Å². The smallest absolute Gasteiger partial charge is 0.294 e. The van der Waals surface area contributed by atoms with Crippen molar-refractivity contribution in [3.63, 3.8) is 0 Å². The molecule has 1 fully saturated rings. The largest absolute Gasteiger partial charge is 0.379 e. The summed E-state index contributed by atoms with van der Waals surface area (Å²) in [6, 6.07) is 10.5. The Morgan fingerprint density at radius 3 is 2.40 bits per heavy atom. The van der Waals surface area contributed by atoms with Crippen LogP contribution >= 0.6 is 0 Å². The highest BCUT2D eigenvalue weighted by atomic mass is 19.1. The molecule has 2 amide bonds. The first-order valence-corrected chi connectivity index (χ1v) is 9.75. The number of anilines is 2. The van der Waals surface area contributed by atoms with E-state index in [2.05, 4.69) is 5.32 Å². The van der Waals surface area contributed by atoms with Crippen molar-refractivity contribution in [3.8, 4) is 0 Å². The van der Waals surface area contributed by atoms with Gasteiger partial charge in [0.15, 0.2) is 0 Å². The van der Waals surface area contributed by atoms with Crippen LogP contribution < -0.4 is 10.2 Å². The second-order valence-corrected chi connectivity index (χ2v) is 7.43. The van der Waals surface area contributed by atoms with Crippen molar-refractivity contribution in [2.75, 3.05) is 16.8 Å². The number of fused-ring (bicyclic) bond motifs is 1. The third-order valence-electron chi connectivity index (χ3n) is 5.56. The molecule has 2 aliphatic rings. The van der Waals surface area contributed by atoms with Gasteiger partial charge in [0.1, 0.15) is 11.5 Å². The summed E-state index contributed by atoms with van der Waals surface area (Å²) in [5, 5.41) is 14.6. The summed E-state index contributed by atoms with van der Waals surface area (Å²) in [6.07, 6.45) is 5.28.